The van der Waals surface area contributed by atoms with Crippen LogP contribution in [0.4, 0.5) is 5.69 Å². The Bertz CT molecular complexity index is 253. The van der Waals surface area contributed by atoms with Gasteiger partial charge >= 0.3 is 0 Å². The highest BCUT2D eigenvalue weighted by Gasteiger charge is 2.07. The first-order chi connectivity index (χ1) is 7.76. The number of nitrogens with one attached hydrogen (secondary N) is 1. The van der Waals surface area contributed by atoms with E-state index in [0.29, 0.717) is 6.04 Å². The van der Waals surface area contributed by atoms with Crippen molar-refractivity contribution >= 4 is 5.69 Å². The van der Waals surface area contributed by atoms with Crippen LogP contribution in [0.3, 0.4) is 0 Å². The quantitative estimate of drug-likeness (QED) is 0.792. The summed E-state index contributed by atoms with van der Waals surface area (Å²) >= 11 is 0. The Morgan fingerprint density at radius 3 is 2.00 bits per heavy atom. The van der Waals surface area contributed by atoms with Crippen molar-refractivity contribution < 1.29 is 0 Å². The highest BCUT2D eigenvalue weighted by Crippen LogP contribution is 2.20. The van der Waals surface area contributed by atoms with Crippen LogP contribution in [-0.4, -0.2) is 20.1 Å². The zero-order chi connectivity index (χ0) is 12.0. The van der Waals surface area contributed by atoms with Gasteiger partial charge in [0.25, 0.3) is 0 Å². The van der Waals surface area contributed by atoms with Crippen molar-refractivity contribution in [1.82, 2.24) is 5.32 Å². The number of hydrogen-bond acceptors (Lipinski definition) is 2. The van der Waals surface area contributed by atoms with Gasteiger partial charge in [-0.15, -0.1) is 0 Å². The summed E-state index contributed by atoms with van der Waals surface area (Å²) in [6.45, 7) is 8.73. The molecule has 0 fully saturated rings. The van der Waals surface area contributed by atoms with E-state index in [1.165, 1.54) is 11.3 Å². The molecule has 16 heavy (non-hydrogen) atoms. The summed E-state index contributed by atoms with van der Waals surface area (Å²) in [4.78, 5) is 2.37. The predicted octanol–water partition coefficient (Wildman–Crippen LogP) is 3.20. The summed E-state index contributed by atoms with van der Waals surface area (Å²) < 4.78 is 0. The van der Waals surface area contributed by atoms with Crippen molar-refractivity contribution in [3.8, 4) is 0 Å². The number of benzene rings is 1. The van der Waals surface area contributed by atoms with Crippen molar-refractivity contribution in [2.45, 2.75) is 33.2 Å². The molecule has 0 saturated heterocycles. The normalized spacial score (nSPS) is 12.5. The van der Waals surface area contributed by atoms with Crippen LogP contribution in [0, 0.1) is 0 Å². The lowest BCUT2D eigenvalue weighted by Crippen LogP contribution is -2.22. The first kappa shape index (κ1) is 13.0. The molecule has 2 nitrogen and oxygen atoms in total. The molecule has 0 spiro atoms. The molecule has 0 amide bonds. The number of hydrogen-bond donors (Lipinski definition) is 1. The minimum atomic E-state index is 0.478. The predicted molar refractivity (Wildman–Crippen MR) is 72.1 cm³/mol. The molecule has 1 rings (SSSR count). The molecule has 0 aliphatic carbocycles. The third kappa shape index (κ3) is 2.99. The van der Waals surface area contributed by atoms with E-state index < -0.39 is 0 Å². The van der Waals surface area contributed by atoms with Crippen LogP contribution in [0.1, 0.15) is 38.8 Å². The van der Waals surface area contributed by atoms with Gasteiger partial charge < -0.3 is 10.2 Å². The van der Waals surface area contributed by atoms with Gasteiger partial charge in [0.1, 0.15) is 0 Å². The van der Waals surface area contributed by atoms with Gasteiger partial charge in [-0.3, -0.25) is 0 Å². The zero-order valence-corrected chi connectivity index (χ0v) is 11.0. The molecule has 0 bridgehead atoms. The molecule has 0 aliphatic heterocycles. The van der Waals surface area contributed by atoms with E-state index in [0.717, 1.165) is 19.5 Å². The largest absolute Gasteiger partial charge is 0.372 e. The molecule has 1 aromatic carbocycles. The molecule has 1 atom stereocenters. The second kappa shape index (κ2) is 6.54. The molecule has 0 aromatic heterocycles. The first-order valence-electron chi connectivity index (χ1n) is 6.28. The Morgan fingerprint density at radius 2 is 1.62 bits per heavy atom. The number of nitrogens with zero attached hydrogens (tertiary/aromatic N) is 1. The summed E-state index contributed by atoms with van der Waals surface area (Å²) in [7, 11) is 2.02. The molecule has 0 saturated carbocycles. The SMILES string of the molecule is CCC(NC)c1ccc(N(CC)CC)cc1. The fourth-order valence-electron chi connectivity index (χ4n) is 2.11. The third-order valence-electron chi connectivity index (χ3n) is 3.18. The standard InChI is InChI=1S/C14H24N2/c1-5-14(15-4)12-8-10-13(11-9-12)16(6-2)7-3/h8-11,14-15H,5-7H2,1-4H3. The summed E-state index contributed by atoms with van der Waals surface area (Å²) in [6, 6.07) is 9.40. The van der Waals surface area contributed by atoms with Gasteiger partial charge in [0.05, 0.1) is 0 Å². The van der Waals surface area contributed by atoms with E-state index in [4.69, 9.17) is 0 Å². The summed E-state index contributed by atoms with van der Waals surface area (Å²) in [5, 5.41) is 3.33. The molecule has 1 unspecified atom stereocenters. The van der Waals surface area contributed by atoms with Crippen molar-refractivity contribution in [2.24, 2.45) is 0 Å². The third-order valence-corrected chi connectivity index (χ3v) is 3.18. The summed E-state index contributed by atoms with van der Waals surface area (Å²) in [5.41, 5.74) is 2.70. The van der Waals surface area contributed by atoms with Crippen LogP contribution in [0.15, 0.2) is 24.3 Å². The minimum Gasteiger partial charge on any atom is -0.372 e. The average molecular weight is 220 g/mol. The van der Waals surface area contributed by atoms with Crippen LogP contribution in [-0.2, 0) is 0 Å². The van der Waals surface area contributed by atoms with Gasteiger partial charge in [-0.25, -0.2) is 0 Å². The van der Waals surface area contributed by atoms with Crippen LogP contribution in [0.5, 0.6) is 0 Å². The fraction of sp³-hybridized carbons (Fsp3) is 0.571. The minimum absolute atomic E-state index is 0.478. The van der Waals surface area contributed by atoms with Gasteiger partial charge in [0.2, 0.25) is 0 Å². The molecule has 0 heterocycles. The Labute approximate surface area is 99.7 Å². The van der Waals surface area contributed by atoms with E-state index in [1.54, 1.807) is 0 Å². The topological polar surface area (TPSA) is 15.3 Å². The Balaban J connectivity index is 2.81. The maximum Gasteiger partial charge on any atom is 0.0366 e. The van der Waals surface area contributed by atoms with E-state index in [1.807, 2.05) is 7.05 Å². The zero-order valence-electron chi connectivity index (χ0n) is 11.0. The lowest BCUT2D eigenvalue weighted by atomic mass is 10.0. The Morgan fingerprint density at radius 1 is 1.06 bits per heavy atom. The molecule has 1 aromatic rings. The lowest BCUT2D eigenvalue weighted by molar-refractivity contribution is 0.577. The highest BCUT2D eigenvalue weighted by molar-refractivity contribution is 5.47. The fourth-order valence-corrected chi connectivity index (χ4v) is 2.11. The van der Waals surface area contributed by atoms with Gasteiger partial charge in [-0.1, -0.05) is 19.1 Å². The summed E-state index contributed by atoms with van der Waals surface area (Å²) in [5.74, 6) is 0. The molecule has 90 valence electrons. The molecular weight excluding hydrogens is 196 g/mol. The molecule has 0 radical (unpaired) electrons. The maximum atomic E-state index is 3.33. The molecular formula is C14H24N2. The first-order valence-corrected chi connectivity index (χ1v) is 6.28. The van der Waals surface area contributed by atoms with Crippen molar-refractivity contribution in [2.75, 3.05) is 25.0 Å². The monoisotopic (exact) mass is 220 g/mol. The van der Waals surface area contributed by atoms with Crippen LogP contribution >= 0.6 is 0 Å². The van der Waals surface area contributed by atoms with Gasteiger partial charge in [-0.05, 0) is 45.0 Å². The second-order valence-electron chi connectivity index (χ2n) is 4.01. The maximum absolute atomic E-state index is 3.33. The second-order valence-corrected chi connectivity index (χ2v) is 4.01. The highest BCUT2D eigenvalue weighted by atomic mass is 15.1. The van der Waals surface area contributed by atoms with Crippen LogP contribution in [0.2, 0.25) is 0 Å². The van der Waals surface area contributed by atoms with Crippen molar-refractivity contribution in [1.29, 1.82) is 0 Å². The van der Waals surface area contributed by atoms with E-state index in [9.17, 15) is 0 Å². The Kier molecular flexibility index (Phi) is 5.33. The smallest absolute Gasteiger partial charge is 0.0366 e. The van der Waals surface area contributed by atoms with E-state index >= 15 is 0 Å². The van der Waals surface area contributed by atoms with Crippen molar-refractivity contribution in [3.63, 3.8) is 0 Å². The van der Waals surface area contributed by atoms with Gasteiger partial charge in [0, 0.05) is 24.8 Å². The van der Waals surface area contributed by atoms with Gasteiger partial charge in [0.15, 0.2) is 0 Å². The number of rotatable bonds is 6. The average Bonchev–Trinajstić information content (AvgIpc) is 2.34. The van der Waals surface area contributed by atoms with E-state index in [2.05, 4.69) is 55.3 Å². The Hall–Kier alpha value is -1.02. The molecule has 2 heteroatoms. The molecule has 0 aliphatic rings. The van der Waals surface area contributed by atoms with Crippen LogP contribution in [0.25, 0.3) is 0 Å². The van der Waals surface area contributed by atoms with Crippen molar-refractivity contribution in [3.05, 3.63) is 29.8 Å². The van der Waals surface area contributed by atoms with Gasteiger partial charge in [-0.2, -0.15) is 0 Å². The molecule has 1 N–H and O–H groups in total. The summed E-state index contributed by atoms with van der Waals surface area (Å²) in [6.07, 6.45) is 1.13. The van der Waals surface area contributed by atoms with E-state index in [-0.39, 0.29) is 0 Å². The van der Waals surface area contributed by atoms with Crippen LogP contribution < -0.4 is 10.2 Å². The number of anilines is 1. The lowest BCUT2D eigenvalue weighted by Gasteiger charge is -2.22.